The van der Waals surface area contributed by atoms with Crippen molar-refractivity contribution in [1.29, 1.82) is 0 Å². The number of aromatic nitrogens is 3. The molecule has 6 aromatic rings. The van der Waals surface area contributed by atoms with E-state index in [1.54, 1.807) is 0 Å². The van der Waals surface area contributed by atoms with E-state index in [9.17, 15) is 9.90 Å². The van der Waals surface area contributed by atoms with Gasteiger partial charge in [-0.15, -0.1) is 6.58 Å². The first kappa shape index (κ1) is 23.7. The number of carbonyl (C=O) groups is 1. The molecule has 1 N–H and O–H groups in total. The first-order chi connectivity index (χ1) is 18.4. The Balaban J connectivity index is 1.58. The van der Waals surface area contributed by atoms with Crippen molar-refractivity contribution in [2.24, 2.45) is 0 Å². The van der Waals surface area contributed by atoms with E-state index in [1.165, 1.54) is 22.0 Å². The van der Waals surface area contributed by atoms with Gasteiger partial charge < -0.3 is 14.1 Å². The van der Waals surface area contributed by atoms with Crippen molar-refractivity contribution in [2.45, 2.75) is 33.2 Å². The molecular formula is C33H29N3O2. The lowest BCUT2D eigenvalue weighted by atomic mass is 9.94. The van der Waals surface area contributed by atoms with Crippen LogP contribution < -0.4 is 0 Å². The Bertz CT molecular complexity index is 1870. The molecule has 0 fully saturated rings. The molecule has 0 saturated heterocycles. The first-order valence-corrected chi connectivity index (χ1v) is 12.9. The fourth-order valence-corrected chi connectivity index (χ4v) is 5.57. The molecule has 0 amide bonds. The Kier molecular flexibility index (Phi) is 5.84. The SMILES string of the molecule is C=C(C)CCn1cc(Cc2c(-c3ccc4ccccc4c3C(=O)O)nc3ccccn23)c2c(C)cccc21. The molecule has 0 radical (unpaired) electrons. The highest BCUT2D eigenvalue weighted by Gasteiger charge is 2.23. The maximum Gasteiger partial charge on any atom is 0.337 e. The lowest BCUT2D eigenvalue weighted by molar-refractivity contribution is 0.0700. The van der Waals surface area contributed by atoms with Gasteiger partial charge in [-0.2, -0.15) is 0 Å². The lowest BCUT2D eigenvalue weighted by Gasteiger charge is -2.11. The van der Waals surface area contributed by atoms with Gasteiger partial charge in [0.05, 0.1) is 17.0 Å². The van der Waals surface area contributed by atoms with Crippen LogP contribution in [0, 0.1) is 6.92 Å². The number of carboxylic acids is 1. The number of aryl methyl sites for hydroxylation is 2. The summed E-state index contributed by atoms with van der Waals surface area (Å²) in [5, 5.41) is 13.2. The Labute approximate surface area is 221 Å². The maximum atomic E-state index is 12.6. The average molecular weight is 500 g/mol. The normalized spacial score (nSPS) is 11.5. The molecule has 5 heteroatoms. The number of allylic oxidation sites excluding steroid dienone is 1. The minimum atomic E-state index is -0.952. The number of fused-ring (bicyclic) bond motifs is 3. The minimum absolute atomic E-state index is 0.285. The van der Waals surface area contributed by atoms with E-state index in [1.807, 2.05) is 60.8 Å². The van der Waals surface area contributed by atoms with Crippen molar-refractivity contribution in [3.63, 3.8) is 0 Å². The molecule has 5 nitrogen and oxygen atoms in total. The second-order valence-electron chi connectivity index (χ2n) is 10.1. The van der Waals surface area contributed by atoms with Crippen LogP contribution in [-0.4, -0.2) is 25.0 Å². The van der Waals surface area contributed by atoms with Crippen molar-refractivity contribution in [3.8, 4) is 11.3 Å². The maximum absolute atomic E-state index is 12.6. The summed E-state index contributed by atoms with van der Waals surface area (Å²) in [7, 11) is 0. The molecule has 38 heavy (non-hydrogen) atoms. The third-order valence-electron chi connectivity index (χ3n) is 7.36. The zero-order chi connectivity index (χ0) is 26.4. The van der Waals surface area contributed by atoms with E-state index in [4.69, 9.17) is 4.98 Å². The predicted octanol–water partition coefficient (Wildman–Crippen LogP) is 7.67. The lowest BCUT2D eigenvalue weighted by Crippen LogP contribution is -2.03. The Morgan fingerprint density at radius 1 is 1.00 bits per heavy atom. The fraction of sp³-hybridized carbons (Fsp3) is 0.152. The number of rotatable bonds is 7. The smallest absolute Gasteiger partial charge is 0.337 e. The van der Waals surface area contributed by atoms with Crippen LogP contribution in [0.2, 0.25) is 0 Å². The monoisotopic (exact) mass is 499 g/mol. The molecular weight excluding hydrogens is 470 g/mol. The summed E-state index contributed by atoms with van der Waals surface area (Å²) >= 11 is 0. The molecule has 0 unspecified atom stereocenters. The molecule has 188 valence electrons. The third-order valence-corrected chi connectivity index (χ3v) is 7.36. The van der Waals surface area contributed by atoms with E-state index in [-0.39, 0.29) is 5.56 Å². The molecule has 6 rings (SSSR count). The van der Waals surface area contributed by atoms with Gasteiger partial charge in [-0.1, -0.05) is 60.2 Å². The van der Waals surface area contributed by atoms with Crippen LogP contribution in [0.25, 0.3) is 38.6 Å². The number of aromatic carboxylic acids is 1. The van der Waals surface area contributed by atoms with Crippen molar-refractivity contribution in [3.05, 3.63) is 120 Å². The van der Waals surface area contributed by atoms with Gasteiger partial charge >= 0.3 is 5.97 Å². The second kappa shape index (κ2) is 9.34. The van der Waals surface area contributed by atoms with Gasteiger partial charge in [0.25, 0.3) is 0 Å². The molecule has 3 aromatic heterocycles. The van der Waals surface area contributed by atoms with Gasteiger partial charge in [0.15, 0.2) is 0 Å². The van der Waals surface area contributed by atoms with E-state index in [0.717, 1.165) is 35.3 Å². The van der Waals surface area contributed by atoms with Crippen LogP contribution >= 0.6 is 0 Å². The van der Waals surface area contributed by atoms with Crippen LogP contribution in [0.4, 0.5) is 0 Å². The highest BCUT2D eigenvalue weighted by atomic mass is 16.4. The van der Waals surface area contributed by atoms with Crippen molar-refractivity contribution in [2.75, 3.05) is 0 Å². The quantitative estimate of drug-likeness (QED) is 0.229. The molecule has 0 aliphatic heterocycles. The number of hydrogen-bond acceptors (Lipinski definition) is 2. The average Bonchev–Trinajstić information content (AvgIpc) is 3.46. The second-order valence-corrected chi connectivity index (χ2v) is 10.1. The van der Waals surface area contributed by atoms with Gasteiger partial charge in [0.1, 0.15) is 5.65 Å². The molecule has 3 heterocycles. The minimum Gasteiger partial charge on any atom is -0.478 e. The van der Waals surface area contributed by atoms with Gasteiger partial charge in [0.2, 0.25) is 0 Å². The van der Waals surface area contributed by atoms with E-state index < -0.39 is 5.97 Å². The Morgan fingerprint density at radius 3 is 2.63 bits per heavy atom. The fourth-order valence-electron chi connectivity index (χ4n) is 5.57. The topological polar surface area (TPSA) is 59.5 Å². The van der Waals surface area contributed by atoms with Gasteiger partial charge in [-0.05, 0) is 60.4 Å². The van der Waals surface area contributed by atoms with Gasteiger partial charge in [-0.3, -0.25) is 0 Å². The van der Waals surface area contributed by atoms with Crippen LogP contribution in [0.5, 0.6) is 0 Å². The summed E-state index contributed by atoms with van der Waals surface area (Å²) in [4.78, 5) is 17.6. The van der Waals surface area contributed by atoms with E-state index in [2.05, 4.69) is 53.8 Å². The molecule has 3 aromatic carbocycles. The highest BCUT2D eigenvalue weighted by molar-refractivity contribution is 6.09. The van der Waals surface area contributed by atoms with Crippen molar-refractivity contribution < 1.29 is 9.90 Å². The summed E-state index contributed by atoms with van der Waals surface area (Å²) in [6, 6.07) is 23.8. The van der Waals surface area contributed by atoms with Crippen LogP contribution in [0.1, 0.15) is 40.5 Å². The van der Waals surface area contributed by atoms with E-state index in [0.29, 0.717) is 23.1 Å². The van der Waals surface area contributed by atoms with Crippen LogP contribution in [0.3, 0.4) is 0 Å². The predicted molar refractivity (Wildman–Crippen MR) is 154 cm³/mol. The molecule has 0 atom stereocenters. The summed E-state index contributed by atoms with van der Waals surface area (Å²) in [6.45, 7) is 9.16. The molecule has 0 spiro atoms. The summed E-state index contributed by atoms with van der Waals surface area (Å²) in [5.74, 6) is -0.952. The zero-order valence-electron chi connectivity index (χ0n) is 21.6. The molecule has 0 aliphatic carbocycles. The first-order valence-electron chi connectivity index (χ1n) is 12.9. The Hall–Kier alpha value is -4.64. The van der Waals surface area contributed by atoms with Gasteiger partial charge in [0, 0.05) is 41.8 Å². The standard InChI is InChI=1S/C33H29N3O2/c1-21(2)16-18-35-20-24(30-22(3)9-8-12-27(30)35)19-28-32(34-29-13-6-7-17-36(28)29)26-15-14-23-10-4-5-11-25(23)31(26)33(37)38/h4-15,17,20H,1,16,18-19H2,2-3H3,(H,37,38). The molecule has 0 aliphatic rings. The number of pyridine rings is 1. The zero-order valence-corrected chi connectivity index (χ0v) is 21.6. The summed E-state index contributed by atoms with van der Waals surface area (Å²) in [6.07, 6.45) is 5.78. The number of carboxylic acid groups (broad SMARTS) is 1. The number of nitrogens with zero attached hydrogens (tertiary/aromatic N) is 3. The number of hydrogen-bond donors (Lipinski definition) is 1. The Morgan fingerprint density at radius 2 is 1.82 bits per heavy atom. The number of imidazole rings is 1. The third kappa shape index (κ3) is 3.97. The summed E-state index contributed by atoms with van der Waals surface area (Å²) in [5.41, 5.74) is 8.17. The van der Waals surface area contributed by atoms with Crippen molar-refractivity contribution in [1.82, 2.24) is 14.0 Å². The van der Waals surface area contributed by atoms with Crippen LogP contribution in [0.15, 0.2) is 97.3 Å². The summed E-state index contributed by atoms with van der Waals surface area (Å²) < 4.78 is 4.40. The van der Waals surface area contributed by atoms with Crippen LogP contribution in [-0.2, 0) is 13.0 Å². The van der Waals surface area contributed by atoms with Gasteiger partial charge in [-0.25, -0.2) is 9.78 Å². The van der Waals surface area contributed by atoms with E-state index >= 15 is 0 Å². The highest BCUT2D eigenvalue weighted by Crippen LogP contribution is 2.35. The largest absolute Gasteiger partial charge is 0.478 e. The molecule has 0 bridgehead atoms. The molecule has 0 saturated carbocycles. The number of benzene rings is 3. The van der Waals surface area contributed by atoms with Crippen molar-refractivity contribution >= 4 is 33.3 Å².